The Morgan fingerprint density at radius 3 is 2.44 bits per heavy atom. The number of nitrogens with zero attached hydrogens (tertiary/aromatic N) is 1. The fourth-order valence-electron chi connectivity index (χ4n) is 2.97. The molecule has 0 amide bonds. The van der Waals surface area contributed by atoms with Crippen LogP contribution in [0.4, 0.5) is 0 Å². The number of rotatable bonds is 5. The summed E-state index contributed by atoms with van der Waals surface area (Å²) in [6.07, 6.45) is 0.560. The van der Waals surface area contributed by atoms with Crippen molar-refractivity contribution in [1.82, 2.24) is 4.57 Å². The Morgan fingerprint density at radius 1 is 1.04 bits per heavy atom. The normalized spacial score (nSPS) is 10.8. The molecule has 4 heteroatoms. The van der Waals surface area contributed by atoms with E-state index in [4.69, 9.17) is 16.7 Å². The van der Waals surface area contributed by atoms with Gasteiger partial charge in [0, 0.05) is 10.7 Å². The van der Waals surface area contributed by atoms with E-state index >= 15 is 0 Å². The molecular weight excluding hydrogens is 334 g/mol. The van der Waals surface area contributed by atoms with Gasteiger partial charge in [0.25, 0.3) is 0 Å². The molecule has 25 heavy (non-hydrogen) atoms. The van der Waals surface area contributed by atoms with Crippen LogP contribution in [0.1, 0.15) is 23.2 Å². The summed E-state index contributed by atoms with van der Waals surface area (Å²) in [5, 5.41) is 9.72. The quantitative estimate of drug-likeness (QED) is 0.664. The van der Waals surface area contributed by atoms with Gasteiger partial charge in [-0.25, -0.2) is 0 Å². The van der Waals surface area contributed by atoms with Crippen molar-refractivity contribution in [2.75, 3.05) is 0 Å². The van der Waals surface area contributed by atoms with Crippen molar-refractivity contribution in [2.24, 2.45) is 0 Å². The molecule has 0 atom stereocenters. The number of carboxylic acids is 1. The largest absolute Gasteiger partial charge is 0.481 e. The van der Waals surface area contributed by atoms with Crippen LogP contribution in [0.5, 0.6) is 0 Å². The van der Waals surface area contributed by atoms with Gasteiger partial charge in [-0.05, 0) is 55.7 Å². The summed E-state index contributed by atoms with van der Waals surface area (Å²) in [4.78, 5) is 11.0. The lowest BCUT2D eigenvalue weighted by Gasteiger charge is -2.16. The van der Waals surface area contributed by atoms with Crippen LogP contribution in [-0.4, -0.2) is 15.6 Å². The predicted octanol–water partition coefficient (Wildman–Crippen LogP) is 5.43. The van der Waals surface area contributed by atoms with E-state index in [1.807, 2.05) is 37.3 Å². The third kappa shape index (κ3) is 3.77. The molecule has 3 aromatic rings. The molecule has 0 aliphatic carbocycles. The van der Waals surface area contributed by atoms with Gasteiger partial charge in [0.15, 0.2) is 0 Å². The molecule has 3 rings (SSSR count). The summed E-state index contributed by atoms with van der Waals surface area (Å²) in [7, 11) is 0. The van der Waals surface area contributed by atoms with E-state index in [0.717, 1.165) is 28.2 Å². The summed E-state index contributed by atoms with van der Waals surface area (Å²) in [5.74, 6) is -0.799. The first-order chi connectivity index (χ1) is 12.0. The van der Waals surface area contributed by atoms with Crippen LogP contribution in [0.15, 0.2) is 54.6 Å². The summed E-state index contributed by atoms with van der Waals surface area (Å²) < 4.78 is 2.12. The molecule has 2 aromatic carbocycles. The molecule has 0 spiro atoms. The average Bonchev–Trinajstić information content (AvgIpc) is 2.99. The predicted molar refractivity (Wildman–Crippen MR) is 102 cm³/mol. The highest BCUT2D eigenvalue weighted by Gasteiger charge is 2.15. The van der Waals surface area contributed by atoms with Crippen molar-refractivity contribution in [3.05, 3.63) is 76.4 Å². The minimum Gasteiger partial charge on any atom is -0.481 e. The summed E-state index contributed by atoms with van der Waals surface area (Å²) >= 11 is 6.23. The lowest BCUT2D eigenvalue weighted by atomic mass is 10.1. The number of hydrogen-bond donors (Lipinski definition) is 1. The van der Waals surface area contributed by atoms with Gasteiger partial charge >= 0.3 is 5.97 Å². The molecule has 0 unspecified atom stereocenters. The van der Waals surface area contributed by atoms with E-state index in [1.165, 1.54) is 5.56 Å². The zero-order valence-electron chi connectivity index (χ0n) is 14.3. The Hall–Kier alpha value is -2.52. The molecule has 0 aliphatic heterocycles. The number of halogens is 1. The van der Waals surface area contributed by atoms with Gasteiger partial charge in [0.2, 0.25) is 0 Å². The van der Waals surface area contributed by atoms with Gasteiger partial charge in [-0.2, -0.15) is 0 Å². The van der Waals surface area contributed by atoms with Crippen molar-refractivity contribution in [1.29, 1.82) is 0 Å². The second-order valence-corrected chi connectivity index (χ2v) is 6.67. The van der Waals surface area contributed by atoms with Crippen LogP contribution >= 0.6 is 11.6 Å². The molecule has 0 saturated carbocycles. The zero-order valence-corrected chi connectivity index (χ0v) is 15.0. The van der Waals surface area contributed by atoms with Gasteiger partial charge in [-0.1, -0.05) is 47.5 Å². The van der Waals surface area contributed by atoms with E-state index < -0.39 is 5.97 Å². The first-order valence-electron chi connectivity index (χ1n) is 8.21. The van der Waals surface area contributed by atoms with E-state index in [0.29, 0.717) is 11.4 Å². The van der Waals surface area contributed by atoms with Crippen LogP contribution in [-0.2, 0) is 11.2 Å². The SMILES string of the molecule is Cc1ccc(-c2ccc(CCC(=O)O)n2-c2cc(Cl)ccc2C)cc1. The van der Waals surface area contributed by atoms with Crippen molar-refractivity contribution in [2.45, 2.75) is 26.7 Å². The smallest absolute Gasteiger partial charge is 0.303 e. The van der Waals surface area contributed by atoms with Gasteiger partial charge < -0.3 is 9.67 Å². The first kappa shape index (κ1) is 17.3. The van der Waals surface area contributed by atoms with Crippen LogP contribution in [0, 0.1) is 13.8 Å². The van der Waals surface area contributed by atoms with Crippen molar-refractivity contribution >= 4 is 17.6 Å². The topological polar surface area (TPSA) is 42.2 Å². The van der Waals surface area contributed by atoms with Gasteiger partial charge in [0.1, 0.15) is 0 Å². The fraction of sp³-hybridized carbons (Fsp3) is 0.190. The molecule has 1 heterocycles. The van der Waals surface area contributed by atoms with Crippen molar-refractivity contribution in [3.8, 4) is 16.9 Å². The minimum absolute atomic E-state index is 0.0942. The molecule has 1 N–H and O–H groups in total. The molecule has 0 radical (unpaired) electrons. The second-order valence-electron chi connectivity index (χ2n) is 6.24. The second kappa shape index (κ2) is 7.16. The fourth-order valence-corrected chi connectivity index (χ4v) is 3.13. The maximum Gasteiger partial charge on any atom is 0.303 e. The van der Waals surface area contributed by atoms with Crippen LogP contribution in [0.25, 0.3) is 16.9 Å². The third-order valence-electron chi connectivity index (χ3n) is 4.32. The van der Waals surface area contributed by atoms with E-state index in [2.05, 4.69) is 35.8 Å². The highest BCUT2D eigenvalue weighted by Crippen LogP contribution is 2.30. The summed E-state index contributed by atoms with van der Waals surface area (Å²) in [5.41, 5.74) is 6.35. The number of aromatic nitrogens is 1. The first-order valence-corrected chi connectivity index (χ1v) is 8.59. The molecular formula is C21H20ClNO2. The minimum atomic E-state index is -0.799. The molecule has 3 nitrogen and oxygen atoms in total. The lowest BCUT2D eigenvalue weighted by Crippen LogP contribution is -2.06. The summed E-state index contributed by atoms with van der Waals surface area (Å²) in [6.45, 7) is 4.09. The molecule has 128 valence electrons. The van der Waals surface area contributed by atoms with Gasteiger partial charge in [-0.15, -0.1) is 0 Å². The highest BCUT2D eigenvalue weighted by molar-refractivity contribution is 6.30. The maximum absolute atomic E-state index is 11.0. The average molecular weight is 354 g/mol. The maximum atomic E-state index is 11.0. The Kier molecular flexibility index (Phi) is 4.95. The van der Waals surface area contributed by atoms with Crippen LogP contribution in [0.2, 0.25) is 5.02 Å². The Morgan fingerprint density at radius 2 is 1.76 bits per heavy atom. The molecule has 0 aliphatic rings. The summed E-state index contributed by atoms with van der Waals surface area (Å²) in [6, 6.07) is 18.1. The standard InChI is InChI=1S/C21H20ClNO2/c1-14-3-6-16(7-4-14)19-11-9-18(10-12-21(24)25)23(19)20-13-17(22)8-5-15(20)2/h3-9,11,13H,10,12H2,1-2H3,(H,24,25). The van der Waals surface area contributed by atoms with Crippen molar-refractivity contribution < 1.29 is 9.90 Å². The lowest BCUT2D eigenvalue weighted by molar-refractivity contribution is -0.136. The number of carbonyl (C=O) groups is 1. The van der Waals surface area contributed by atoms with E-state index in [-0.39, 0.29) is 6.42 Å². The highest BCUT2D eigenvalue weighted by atomic mass is 35.5. The Labute approximate surface area is 152 Å². The molecule has 0 bridgehead atoms. The third-order valence-corrected chi connectivity index (χ3v) is 4.55. The number of hydrogen-bond acceptors (Lipinski definition) is 1. The number of benzene rings is 2. The number of aryl methyl sites for hydroxylation is 3. The zero-order chi connectivity index (χ0) is 18.0. The van der Waals surface area contributed by atoms with Crippen LogP contribution < -0.4 is 0 Å². The molecule has 1 aromatic heterocycles. The van der Waals surface area contributed by atoms with Gasteiger partial charge in [0.05, 0.1) is 17.8 Å². The van der Waals surface area contributed by atoms with Gasteiger partial charge in [-0.3, -0.25) is 4.79 Å². The van der Waals surface area contributed by atoms with Crippen molar-refractivity contribution in [3.63, 3.8) is 0 Å². The molecule has 0 saturated heterocycles. The monoisotopic (exact) mass is 353 g/mol. The van der Waals surface area contributed by atoms with E-state index in [9.17, 15) is 4.79 Å². The van der Waals surface area contributed by atoms with Crippen LogP contribution in [0.3, 0.4) is 0 Å². The Balaban J connectivity index is 2.17. The number of aliphatic carboxylic acids is 1. The number of carboxylic acid groups (broad SMARTS) is 1. The Bertz CT molecular complexity index is 910. The van der Waals surface area contributed by atoms with E-state index in [1.54, 1.807) is 0 Å². The molecule has 0 fully saturated rings.